The fraction of sp³-hybridized carbons (Fsp3) is 0.222. The van der Waals surface area contributed by atoms with Gasteiger partial charge in [0.25, 0.3) is 0 Å². The van der Waals surface area contributed by atoms with Crippen LogP contribution in [0, 0.1) is 0 Å². The number of fused-ring (bicyclic) bond motifs is 1. The number of aryl methyl sites for hydroxylation is 2. The molecule has 3 aromatic carbocycles. The Labute approximate surface area is 207 Å². The summed E-state index contributed by atoms with van der Waals surface area (Å²) in [6.45, 7) is 1.40. The van der Waals surface area contributed by atoms with Crippen LogP contribution in [0.3, 0.4) is 0 Å². The number of benzene rings is 3. The molecule has 1 N–H and O–H groups in total. The van der Waals surface area contributed by atoms with E-state index in [-0.39, 0.29) is 5.69 Å². The lowest BCUT2D eigenvalue weighted by atomic mass is 10.1. The lowest BCUT2D eigenvalue weighted by Crippen LogP contribution is -2.17. The van der Waals surface area contributed by atoms with E-state index in [1.807, 2.05) is 54.6 Å². The molecule has 2 heterocycles. The summed E-state index contributed by atoms with van der Waals surface area (Å²) in [5, 5.41) is 9.94. The normalized spacial score (nSPS) is 11.2. The molecule has 0 aliphatic heterocycles. The van der Waals surface area contributed by atoms with Gasteiger partial charge < -0.3 is 14.3 Å². The quantitative estimate of drug-likeness (QED) is 0.222. The molecule has 0 aliphatic carbocycles. The zero-order valence-corrected chi connectivity index (χ0v) is 20.4. The first-order chi connectivity index (χ1) is 17.2. The third kappa shape index (κ3) is 5.02. The SMILES string of the molecule is COc1ccccc1-c1nnc(SCCCn2c(=O)[nH]c3ccccc32)n1CCc1ccccc1. The van der Waals surface area contributed by atoms with Gasteiger partial charge in [0.15, 0.2) is 11.0 Å². The van der Waals surface area contributed by atoms with Crippen molar-refractivity contribution in [3.05, 3.63) is 94.9 Å². The first kappa shape index (κ1) is 23.0. The summed E-state index contributed by atoms with van der Waals surface area (Å²) in [6.07, 6.45) is 1.71. The predicted molar refractivity (Wildman–Crippen MR) is 140 cm³/mol. The third-order valence-corrected chi connectivity index (χ3v) is 7.02. The van der Waals surface area contributed by atoms with Crippen LogP contribution in [-0.4, -0.2) is 37.2 Å². The second kappa shape index (κ2) is 10.7. The van der Waals surface area contributed by atoms with Crippen LogP contribution in [0.4, 0.5) is 0 Å². The van der Waals surface area contributed by atoms with E-state index in [4.69, 9.17) is 4.74 Å². The number of H-pyrrole nitrogens is 1. The number of nitrogens with zero attached hydrogens (tertiary/aromatic N) is 4. The van der Waals surface area contributed by atoms with Crippen LogP contribution in [0.2, 0.25) is 0 Å². The molecule has 5 aromatic rings. The highest BCUT2D eigenvalue weighted by atomic mass is 32.2. The number of para-hydroxylation sites is 3. The van der Waals surface area contributed by atoms with E-state index >= 15 is 0 Å². The van der Waals surface area contributed by atoms with Gasteiger partial charge >= 0.3 is 5.69 Å². The Morgan fingerprint density at radius 3 is 2.51 bits per heavy atom. The first-order valence-electron chi connectivity index (χ1n) is 11.7. The van der Waals surface area contributed by atoms with E-state index in [1.54, 1.807) is 23.4 Å². The van der Waals surface area contributed by atoms with Crippen LogP contribution in [0.1, 0.15) is 12.0 Å². The van der Waals surface area contributed by atoms with Gasteiger partial charge in [-0.2, -0.15) is 0 Å². The van der Waals surface area contributed by atoms with Crippen molar-refractivity contribution in [2.45, 2.75) is 31.1 Å². The smallest absolute Gasteiger partial charge is 0.326 e. The van der Waals surface area contributed by atoms with Crippen LogP contribution < -0.4 is 10.4 Å². The average Bonchev–Trinajstić information content (AvgIpc) is 3.45. The van der Waals surface area contributed by atoms with Crippen molar-refractivity contribution in [1.82, 2.24) is 24.3 Å². The van der Waals surface area contributed by atoms with Gasteiger partial charge in [-0.15, -0.1) is 10.2 Å². The summed E-state index contributed by atoms with van der Waals surface area (Å²) in [5.74, 6) is 2.39. The third-order valence-electron chi connectivity index (χ3n) is 5.97. The number of imidazole rings is 1. The molecule has 2 aromatic heterocycles. The van der Waals surface area contributed by atoms with Gasteiger partial charge in [0.1, 0.15) is 5.75 Å². The Morgan fingerprint density at radius 1 is 0.886 bits per heavy atom. The lowest BCUT2D eigenvalue weighted by molar-refractivity contribution is 0.415. The highest BCUT2D eigenvalue weighted by Crippen LogP contribution is 2.31. The Kier molecular flexibility index (Phi) is 6.99. The van der Waals surface area contributed by atoms with Gasteiger partial charge in [-0.1, -0.05) is 66.4 Å². The van der Waals surface area contributed by atoms with E-state index in [0.29, 0.717) is 6.54 Å². The van der Waals surface area contributed by atoms with Crippen LogP contribution >= 0.6 is 11.8 Å². The number of hydrogen-bond donors (Lipinski definition) is 1. The molecule has 0 spiro atoms. The highest BCUT2D eigenvalue weighted by Gasteiger charge is 2.17. The minimum absolute atomic E-state index is 0.0688. The summed E-state index contributed by atoms with van der Waals surface area (Å²) in [6, 6.07) is 26.1. The van der Waals surface area contributed by atoms with Crippen LogP contribution in [0.15, 0.2) is 88.8 Å². The zero-order valence-electron chi connectivity index (χ0n) is 19.6. The Balaban J connectivity index is 1.34. The minimum Gasteiger partial charge on any atom is -0.496 e. The van der Waals surface area contributed by atoms with Crippen molar-refractivity contribution in [3.8, 4) is 17.1 Å². The van der Waals surface area contributed by atoms with Crippen molar-refractivity contribution in [3.63, 3.8) is 0 Å². The molecule has 0 aliphatic rings. The van der Waals surface area contributed by atoms with Crippen molar-refractivity contribution in [2.75, 3.05) is 12.9 Å². The maximum atomic E-state index is 12.4. The molecular formula is C27H27N5O2S. The Bertz CT molecular complexity index is 1470. The molecule has 178 valence electrons. The zero-order chi connectivity index (χ0) is 24.0. The van der Waals surface area contributed by atoms with Crippen molar-refractivity contribution >= 4 is 22.8 Å². The maximum Gasteiger partial charge on any atom is 0.326 e. The molecular weight excluding hydrogens is 458 g/mol. The van der Waals surface area contributed by atoms with Crippen molar-refractivity contribution < 1.29 is 4.74 Å². The largest absolute Gasteiger partial charge is 0.496 e. The van der Waals surface area contributed by atoms with Gasteiger partial charge in [-0.05, 0) is 42.7 Å². The number of thioether (sulfide) groups is 1. The molecule has 35 heavy (non-hydrogen) atoms. The molecule has 5 rings (SSSR count). The Hall–Kier alpha value is -3.78. The van der Waals surface area contributed by atoms with Gasteiger partial charge in [-0.25, -0.2) is 4.79 Å². The summed E-state index contributed by atoms with van der Waals surface area (Å²) >= 11 is 1.67. The van der Waals surface area contributed by atoms with Gasteiger partial charge in [-0.3, -0.25) is 4.57 Å². The molecule has 0 unspecified atom stereocenters. The fourth-order valence-electron chi connectivity index (χ4n) is 4.23. The molecule has 0 saturated heterocycles. The van der Waals surface area contributed by atoms with Gasteiger partial charge in [0.2, 0.25) is 0 Å². The van der Waals surface area contributed by atoms with Crippen LogP contribution in [0.25, 0.3) is 22.4 Å². The number of nitrogens with one attached hydrogen (secondary N) is 1. The summed E-state index contributed by atoms with van der Waals surface area (Å²) < 4.78 is 9.57. The number of aromatic nitrogens is 5. The average molecular weight is 486 g/mol. The van der Waals surface area contributed by atoms with Gasteiger partial charge in [0, 0.05) is 18.8 Å². The standard InChI is InChI=1S/C27H27N5O2S/c1-34-24-15-8-5-12-21(24)25-29-30-27(32(25)18-16-20-10-3-2-4-11-20)35-19-9-17-31-23-14-7-6-13-22(23)28-26(31)33/h2-8,10-15H,9,16-19H2,1H3,(H,28,33). The van der Waals surface area contributed by atoms with Crippen LogP contribution in [0.5, 0.6) is 5.75 Å². The molecule has 0 radical (unpaired) electrons. The second-order valence-corrected chi connectivity index (χ2v) is 9.26. The fourth-order valence-corrected chi connectivity index (χ4v) is 5.11. The number of hydrogen-bond acceptors (Lipinski definition) is 5. The van der Waals surface area contributed by atoms with E-state index in [0.717, 1.165) is 58.5 Å². The van der Waals surface area contributed by atoms with Gasteiger partial charge in [0.05, 0.1) is 23.7 Å². The molecule has 0 fully saturated rings. The molecule has 8 heteroatoms. The molecule has 0 atom stereocenters. The van der Waals surface area contributed by atoms with E-state index < -0.39 is 0 Å². The molecule has 0 saturated carbocycles. The summed E-state index contributed by atoms with van der Waals surface area (Å²) in [7, 11) is 1.67. The molecule has 0 amide bonds. The predicted octanol–water partition coefficient (Wildman–Crippen LogP) is 5.02. The van der Waals surface area contributed by atoms with E-state index in [1.165, 1.54) is 5.56 Å². The van der Waals surface area contributed by atoms with Crippen molar-refractivity contribution in [1.29, 1.82) is 0 Å². The monoisotopic (exact) mass is 485 g/mol. The highest BCUT2D eigenvalue weighted by molar-refractivity contribution is 7.99. The number of methoxy groups -OCH3 is 1. The van der Waals surface area contributed by atoms with Crippen LogP contribution in [-0.2, 0) is 19.5 Å². The summed E-state index contributed by atoms with van der Waals surface area (Å²) in [4.78, 5) is 15.3. The number of rotatable bonds is 10. The maximum absolute atomic E-state index is 12.4. The number of ether oxygens (including phenoxy) is 1. The lowest BCUT2D eigenvalue weighted by Gasteiger charge is -2.12. The first-order valence-corrected chi connectivity index (χ1v) is 12.6. The van der Waals surface area contributed by atoms with E-state index in [9.17, 15) is 4.79 Å². The molecule has 7 nitrogen and oxygen atoms in total. The number of aromatic amines is 1. The van der Waals surface area contributed by atoms with E-state index in [2.05, 4.69) is 44.0 Å². The Morgan fingerprint density at radius 2 is 1.66 bits per heavy atom. The topological polar surface area (TPSA) is 77.7 Å². The van der Waals surface area contributed by atoms with Crippen molar-refractivity contribution in [2.24, 2.45) is 0 Å². The molecule has 0 bridgehead atoms. The minimum atomic E-state index is -0.0688. The summed E-state index contributed by atoms with van der Waals surface area (Å²) in [5.41, 5.74) is 3.93. The second-order valence-electron chi connectivity index (χ2n) is 8.19.